The van der Waals surface area contributed by atoms with Gasteiger partial charge in [-0.15, -0.1) is 23.0 Å². The Morgan fingerprint density at radius 3 is 2.85 bits per heavy atom. The molecule has 0 aliphatic carbocycles. The van der Waals surface area contributed by atoms with E-state index in [-0.39, 0.29) is 5.91 Å². The summed E-state index contributed by atoms with van der Waals surface area (Å²) in [5.74, 6) is -0.310. The first kappa shape index (κ1) is 18.6. The van der Waals surface area contributed by atoms with Crippen LogP contribution >= 0.6 is 38.9 Å². The Bertz CT molecular complexity index is 1030. The van der Waals surface area contributed by atoms with Crippen LogP contribution in [0, 0.1) is 0 Å². The molecular formula is C19H15BrClN3OS. The molecule has 0 aliphatic rings. The highest BCUT2D eigenvalue weighted by molar-refractivity contribution is 9.10. The lowest BCUT2D eigenvalue weighted by molar-refractivity contribution is 0.0953. The second kappa shape index (κ2) is 8.49. The zero-order chi connectivity index (χ0) is 18.5. The van der Waals surface area contributed by atoms with Crippen LogP contribution in [0.2, 0.25) is 5.02 Å². The average Bonchev–Trinajstić information content (AvgIpc) is 3.03. The molecule has 1 aromatic heterocycles. The lowest BCUT2D eigenvalue weighted by Gasteiger charge is -2.07. The van der Waals surface area contributed by atoms with Crippen LogP contribution in [-0.4, -0.2) is 10.5 Å². The summed E-state index contributed by atoms with van der Waals surface area (Å²) >= 11 is 10.9. The highest BCUT2D eigenvalue weighted by Crippen LogP contribution is 2.23. The second-order valence-electron chi connectivity index (χ2n) is 5.38. The molecule has 3 aromatic rings. The minimum atomic E-state index is -0.310. The maximum atomic E-state index is 12.3. The van der Waals surface area contributed by atoms with Gasteiger partial charge >= 0.3 is 0 Å². The van der Waals surface area contributed by atoms with Crippen molar-refractivity contribution in [3.8, 4) is 11.3 Å². The van der Waals surface area contributed by atoms with E-state index in [1.165, 1.54) is 11.3 Å². The van der Waals surface area contributed by atoms with Crippen molar-refractivity contribution >= 4 is 44.8 Å². The van der Waals surface area contributed by atoms with E-state index in [0.717, 1.165) is 15.7 Å². The number of halogens is 2. The molecule has 0 saturated carbocycles. The summed E-state index contributed by atoms with van der Waals surface area (Å²) in [6.07, 6.45) is 1.80. The summed E-state index contributed by atoms with van der Waals surface area (Å²) in [6, 6.07) is 14.8. The quantitative estimate of drug-likeness (QED) is 0.430. The van der Waals surface area contributed by atoms with Crippen molar-refractivity contribution in [2.75, 3.05) is 0 Å². The van der Waals surface area contributed by atoms with Crippen molar-refractivity contribution in [1.82, 2.24) is 9.99 Å². The summed E-state index contributed by atoms with van der Waals surface area (Å²) in [6.45, 7) is 4.39. The van der Waals surface area contributed by atoms with Crippen molar-refractivity contribution in [2.45, 2.75) is 6.54 Å². The van der Waals surface area contributed by atoms with Gasteiger partial charge in [0.15, 0.2) is 0 Å². The van der Waals surface area contributed by atoms with Crippen molar-refractivity contribution in [1.29, 1.82) is 0 Å². The molecular weight excluding hydrogens is 434 g/mol. The number of nitrogens with zero attached hydrogens (tertiary/aromatic N) is 2. The number of benzene rings is 2. The highest BCUT2D eigenvalue weighted by atomic mass is 79.9. The van der Waals surface area contributed by atoms with Gasteiger partial charge in [-0.1, -0.05) is 51.8 Å². The SMILES string of the molecule is C=CCn1c(-c2cccc(Br)c2)cs/c1=N/NC(=O)c1cccc(Cl)c1. The first-order valence-corrected chi connectivity index (χ1v) is 9.78. The van der Waals surface area contributed by atoms with E-state index in [4.69, 9.17) is 11.6 Å². The molecule has 3 rings (SSSR count). The lowest BCUT2D eigenvalue weighted by Crippen LogP contribution is -2.24. The Labute approximate surface area is 168 Å². The van der Waals surface area contributed by atoms with Gasteiger partial charge in [0.2, 0.25) is 4.80 Å². The number of thiazole rings is 1. The summed E-state index contributed by atoms with van der Waals surface area (Å²) in [5, 5.41) is 6.80. The number of rotatable bonds is 5. The molecule has 7 heteroatoms. The zero-order valence-electron chi connectivity index (χ0n) is 13.7. The normalized spacial score (nSPS) is 11.4. The number of hydrogen-bond acceptors (Lipinski definition) is 3. The van der Waals surface area contributed by atoms with Crippen LogP contribution in [0.5, 0.6) is 0 Å². The predicted molar refractivity (Wildman–Crippen MR) is 110 cm³/mol. The third kappa shape index (κ3) is 4.33. The van der Waals surface area contributed by atoms with Crippen LogP contribution in [0.15, 0.2) is 76.1 Å². The zero-order valence-corrected chi connectivity index (χ0v) is 16.8. The summed E-state index contributed by atoms with van der Waals surface area (Å²) in [7, 11) is 0. The first-order valence-electron chi connectivity index (χ1n) is 7.73. The van der Waals surface area contributed by atoms with Crippen molar-refractivity contribution < 1.29 is 4.79 Å². The number of carbonyl (C=O) groups excluding carboxylic acids is 1. The molecule has 0 unspecified atom stereocenters. The fourth-order valence-corrected chi connectivity index (χ4v) is 3.86. The monoisotopic (exact) mass is 447 g/mol. The van der Waals surface area contributed by atoms with E-state index in [9.17, 15) is 4.79 Å². The molecule has 0 spiro atoms. The van der Waals surface area contributed by atoms with Crippen LogP contribution in [0.3, 0.4) is 0 Å². The van der Waals surface area contributed by atoms with Gasteiger partial charge in [0.1, 0.15) is 0 Å². The molecule has 0 aliphatic heterocycles. The molecule has 132 valence electrons. The van der Waals surface area contributed by atoms with E-state index in [0.29, 0.717) is 21.9 Å². The van der Waals surface area contributed by atoms with Gasteiger partial charge in [-0.05, 0) is 30.3 Å². The number of allylic oxidation sites excluding steroid dienone is 1. The third-order valence-corrected chi connectivity index (χ3v) is 5.16. The van der Waals surface area contributed by atoms with Gasteiger partial charge in [-0.25, -0.2) is 5.43 Å². The standard InChI is InChI=1S/C19H15BrClN3OS/c1-2-9-24-17(13-5-3-7-15(20)10-13)12-26-19(24)23-22-18(25)14-6-4-8-16(21)11-14/h2-8,10-12H,1,9H2,(H,22,25)/b23-19+. The Hall–Kier alpha value is -2.15. The van der Waals surface area contributed by atoms with E-state index in [2.05, 4.69) is 33.0 Å². The molecule has 2 aromatic carbocycles. The minimum Gasteiger partial charge on any atom is -0.311 e. The molecule has 26 heavy (non-hydrogen) atoms. The van der Waals surface area contributed by atoms with E-state index < -0.39 is 0 Å². The third-order valence-electron chi connectivity index (χ3n) is 3.57. The highest BCUT2D eigenvalue weighted by Gasteiger charge is 2.09. The topological polar surface area (TPSA) is 46.4 Å². The van der Waals surface area contributed by atoms with Gasteiger partial charge in [-0.2, -0.15) is 0 Å². The van der Waals surface area contributed by atoms with Crippen LogP contribution in [0.25, 0.3) is 11.3 Å². The van der Waals surface area contributed by atoms with Crippen molar-refractivity contribution in [3.63, 3.8) is 0 Å². The number of amides is 1. The summed E-state index contributed by atoms with van der Waals surface area (Å²) in [4.78, 5) is 12.9. The van der Waals surface area contributed by atoms with E-state index >= 15 is 0 Å². The molecule has 0 atom stereocenters. The molecule has 0 radical (unpaired) electrons. The Kier molecular flexibility index (Phi) is 6.08. The van der Waals surface area contributed by atoms with Gasteiger partial charge < -0.3 is 4.57 Å². The van der Waals surface area contributed by atoms with Gasteiger partial charge in [0, 0.05) is 32.5 Å². The predicted octanol–water partition coefficient (Wildman–Crippen LogP) is 5.06. The van der Waals surface area contributed by atoms with Crippen molar-refractivity contribution in [3.05, 3.63) is 86.4 Å². The molecule has 4 nitrogen and oxygen atoms in total. The van der Waals surface area contributed by atoms with Crippen LogP contribution < -0.4 is 10.2 Å². The molecule has 1 amide bonds. The summed E-state index contributed by atoms with van der Waals surface area (Å²) < 4.78 is 3.00. The smallest absolute Gasteiger partial charge is 0.271 e. The number of hydrogen-bond donors (Lipinski definition) is 1. The van der Waals surface area contributed by atoms with Crippen LogP contribution in [0.4, 0.5) is 0 Å². The number of aromatic nitrogens is 1. The second-order valence-corrected chi connectivity index (χ2v) is 7.56. The molecule has 1 N–H and O–H groups in total. The van der Waals surface area contributed by atoms with E-state index in [1.807, 2.05) is 34.2 Å². The molecule has 0 saturated heterocycles. The molecule has 0 fully saturated rings. The maximum Gasteiger partial charge on any atom is 0.271 e. The number of carbonyl (C=O) groups is 1. The van der Waals surface area contributed by atoms with Gasteiger partial charge in [-0.3, -0.25) is 4.79 Å². The Morgan fingerprint density at radius 1 is 1.31 bits per heavy atom. The van der Waals surface area contributed by atoms with Crippen LogP contribution in [-0.2, 0) is 6.54 Å². The first-order chi connectivity index (χ1) is 12.6. The van der Waals surface area contributed by atoms with E-state index in [1.54, 1.807) is 30.3 Å². The maximum absolute atomic E-state index is 12.3. The summed E-state index contributed by atoms with van der Waals surface area (Å²) in [5.41, 5.74) is 5.11. The largest absolute Gasteiger partial charge is 0.311 e. The van der Waals surface area contributed by atoms with Crippen LogP contribution in [0.1, 0.15) is 10.4 Å². The molecule has 1 heterocycles. The average molecular weight is 449 g/mol. The fraction of sp³-hybridized carbons (Fsp3) is 0.0526. The lowest BCUT2D eigenvalue weighted by atomic mass is 10.2. The molecule has 0 bridgehead atoms. The fourth-order valence-electron chi connectivity index (χ4n) is 2.40. The van der Waals surface area contributed by atoms with Crippen molar-refractivity contribution in [2.24, 2.45) is 5.10 Å². The van der Waals surface area contributed by atoms with Gasteiger partial charge in [0.25, 0.3) is 5.91 Å². The minimum absolute atomic E-state index is 0.310. The van der Waals surface area contributed by atoms with Gasteiger partial charge in [0.05, 0.1) is 5.69 Å². The Balaban J connectivity index is 1.93. The number of nitrogens with one attached hydrogen (secondary N) is 1. The Morgan fingerprint density at radius 2 is 2.12 bits per heavy atom.